The number of benzene rings is 1. The summed E-state index contributed by atoms with van der Waals surface area (Å²) in [6.07, 6.45) is 21.9. The number of unbranched alkanes of at least 4 members (excludes halogenated alkanes) is 15. The lowest BCUT2D eigenvalue weighted by atomic mass is 10.0. The molecule has 0 bridgehead atoms. The van der Waals surface area contributed by atoms with Crippen LogP contribution >= 0.6 is 0 Å². The van der Waals surface area contributed by atoms with Gasteiger partial charge in [-0.1, -0.05) is 121 Å². The van der Waals surface area contributed by atoms with Crippen LogP contribution in [0.15, 0.2) is 24.3 Å². The molecule has 0 aliphatic carbocycles. The normalized spacial score (nSPS) is 11.3. The predicted octanol–water partition coefficient (Wildman–Crippen LogP) is 7.63. The van der Waals surface area contributed by atoms with Crippen LogP contribution in [0.25, 0.3) is 11.0 Å². The lowest BCUT2D eigenvalue weighted by molar-refractivity contribution is -0.144. The minimum atomic E-state index is -0.148. The molecule has 1 aromatic carbocycles. The van der Waals surface area contributed by atoms with Gasteiger partial charge in [0.05, 0.1) is 25.1 Å². The molecule has 0 aliphatic rings. The number of carbonyl (C=O) groups excluding carboxylic acids is 1. The molecule has 1 aromatic heterocycles. The number of rotatable bonds is 20. The first kappa shape index (κ1) is 26.3. The van der Waals surface area contributed by atoms with Crippen LogP contribution in [-0.4, -0.2) is 27.6 Å². The second-order valence-corrected chi connectivity index (χ2v) is 9.08. The molecule has 0 fully saturated rings. The molecule has 32 heavy (non-hydrogen) atoms. The zero-order chi connectivity index (χ0) is 22.7. The average Bonchev–Trinajstić information content (AvgIpc) is 3.23. The summed E-state index contributed by atoms with van der Waals surface area (Å²) in [4.78, 5) is 12.0. The van der Waals surface area contributed by atoms with Crippen LogP contribution in [0, 0.1) is 0 Å². The Hall–Kier alpha value is -1.91. The average molecular weight is 444 g/mol. The van der Waals surface area contributed by atoms with Crippen molar-refractivity contribution in [2.45, 2.75) is 123 Å². The summed E-state index contributed by atoms with van der Waals surface area (Å²) < 4.78 is 7.14. The van der Waals surface area contributed by atoms with Crippen LogP contribution in [0.1, 0.15) is 116 Å². The van der Waals surface area contributed by atoms with Gasteiger partial charge in [0, 0.05) is 0 Å². The quantitative estimate of drug-likeness (QED) is 0.156. The van der Waals surface area contributed by atoms with Crippen molar-refractivity contribution in [3.63, 3.8) is 0 Å². The number of esters is 1. The molecule has 0 atom stereocenters. The first-order valence-corrected chi connectivity index (χ1v) is 13.2. The monoisotopic (exact) mass is 443 g/mol. The summed E-state index contributed by atoms with van der Waals surface area (Å²) in [7, 11) is 0. The van der Waals surface area contributed by atoms with Gasteiger partial charge in [0.15, 0.2) is 0 Å². The van der Waals surface area contributed by atoms with Gasteiger partial charge in [-0.3, -0.25) is 4.79 Å². The van der Waals surface area contributed by atoms with E-state index in [1.807, 2.05) is 24.3 Å². The molecule has 0 unspecified atom stereocenters. The summed E-state index contributed by atoms with van der Waals surface area (Å²) in [6.45, 7) is 3.33. The fourth-order valence-corrected chi connectivity index (χ4v) is 4.19. The SMILES string of the molecule is CCCCCCCCCCCCCCCCCCOC(=O)CCn1nnc2ccccc21. The van der Waals surface area contributed by atoms with E-state index in [2.05, 4.69) is 17.2 Å². The Labute approximate surface area is 195 Å². The summed E-state index contributed by atoms with van der Waals surface area (Å²) in [5.74, 6) is -0.148. The molecule has 2 aromatic rings. The van der Waals surface area contributed by atoms with E-state index in [1.165, 1.54) is 89.9 Å². The molecule has 0 aliphatic heterocycles. The highest BCUT2D eigenvalue weighted by Crippen LogP contribution is 2.14. The third-order valence-corrected chi connectivity index (χ3v) is 6.21. The van der Waals surface area contributed by atoms with E-state index in [9.17, 15) is 4.79 Å². The largest absolute Gasteiger partial charge is 0.466 e. The number of aryl methyl sites for hydroxylation is 1. The Morgan fingerprint density at radius 3 is 1.91 bits per heavy atom. The van der Waals surface area contributed by atoms with Crippen molar-refractivity contribution in [1.82, 2.24) is 15.0 Å². The summed E-state index contributed by atoms with van der Waals surface area (Å²) >= 11 is 0. The number of aromatic nitrogens is 3. The van der Waals surface area contributed by atoms with E-state index < -0.39 is 0 Å². The van der Waals surface area contributed by atoms with Crippen LogP contribution in [0.2, 0.25) is 0 Å². The van der Waals surface area contributed by atoms with Gasteiger partial charge in [0.2, 0.25) is 0 Å². The molecule has 2 rings (SSSR count). The molecule has 0 saturated heterocycles. The zero-order valence-corrected chi connectivity index (χ0v) is 20.4. The lowest BCUT2D eigenvalue weighted by Crippen LogP contribution is -2.11. The van der Waals surface area contributed by atoms with Gasteiger partial charge in [-0.25, -0.2) is 4.68 Å². The highest BCUT2D eigenvalue weighted by Gasteiger charge is 2.07. The van der Waals surface area contributed by atoms with E-state index in [-0.39, 0.29) is 5.97 Å². The first-order valence-electron chi connectivity index (χ1n) is 13.2. The summed E-state index contributed by atoms with van der Waals surface area (Å²) in [6, 6.07) is 7.79. The van der Waals surface area contributed by atoms with Crippen molar-refractivity contribution in [3.8, 4) is 0 Å². The predicted molar refractivity (Wildman–Crippen MR) is 133 cm³/mol. The third kappa shape index (κ3) is 11.6. The number of hydrogen-bond donors (Lipinski definition) is 0. The number of ether oxygens (including phenoxy) is 1. The van der Waals surface area contributed by atoms with E-state index in [1.54, 1.807) is 4.68 Å². The highest BCUT2D eigenvalue weighted by atomic mass is 16.5. The van der Waals surface area contributed by atoms with Crippen molar-refractivity contribution in [2.24, 2.45) is 0 Å². The van der Waals surface area contributed by atoms with Gasteiger partial charge in [-0.05, 0) is 18.6 Å². The van der Waals surface area contributed by atoms with Crippen LogP contribution in [0.3, 0.4) is 0 Å². The maximum absolute atomic E-state index is 12.0. The Morgan fingerprint density at radius 1 is 0.781 bits per heavy atom. The molecule has 0 radical (unpaired) electrons. The molecule has 0 saturated carbocycles. The number of hydrogen-bond acceptors (Lipinski definition) is 4. The van der Waals surface area contributed by atoms with Gasteiger partial charge in [-0.2, -0.15) is 0 Å². The Balaban J connectivity index is 1.32. The Morgan fingerprint density at radius 2 is 1.31 bits per heavy atom. The standard InChI is InChI=1S/C27H45N3O2/c1-2-3-4-5-6-7-8-9-10-11-12-13-14-15-16-19-24-32-27(31)22-23-30-26-21-18-17-20-25(26)28-29-30/h17-18,20-21H,2-16,19,22-24H2,1H3. The second-order valence-electron chi connectivity index (χ2n) is 9.08. The second kappa shape index (κ2) is 17.6. The van der Waals surface area contributed by atoms with E-state index in [0.717, 1.165) is 23.9 Å². The van der Waals surface area contributed by atoms with Gasteiger partial charge >= 0.3 is 5.97 Å². The molecule has 180 valence electrons. The minimum absolute atomic E-state index is 0.148. The first-order chi connectivity index (χ1) is 15.8. The fraction of sp³-hybridized carbons (Fsp3) is 0.741. The smallest absolute Gasteiger partial charge is 0.307 e. The molecule has 1 heterocycles. The fourth-order valence-electron chi connectivity index (χ4n) is 4.19. The van der Waals surface area contributed by atoms with Crippen LogP contribution < -0.4 is 0 Å². The number of carbonyl (C=O) groups is 1. The van der Waals surface area contributed by atoms with Gasteiger partial charge in [0.1, 0.15) is 5.52 Å². The Kier molecular flexibility index (Phi) is 14.5. The third-order valence-electron chi connectivity index (χ3n) is 6.21. The summed E-state index contributed by atoms with van der Waals surface area (Å²) in [5, 5.41) is 8.22. The summed E-state index contributed by atoms with van der Waals surface area (Å²) in [5.41, 5.74) is 1.81. The number of para-hydroxylation sites is 1. The molecule has 5 heteroatoms. The maximum atomic E-state index is 12.0. The molecule has 0 spiro atoms. The van der Waals surface area contributed by atoms with Gasteiger partial charge in [0.25, 0.3) is 0 Å². The van der Waals surface area contributed by atoms with E-state index in [4.69, 9.17) is 4.74 Å². The van der Waals surface area contributed by atoms with Crippen molar-refractivity contribution in [1.29, 1.82) is 0 Å². The van der Waals surface area contributed by atoms with Gasteiger partial charge in [-0.15, -0.1) is 5.10 Å². The van der Waals surface area contributed by atoms with Crippen LogP contribution in [-0.2, 0) is 16.1 Å². The zero-order valence-electron chi connectivity index (χ0n) is 20.4. The minimum Gasteiger partial charge on any atom is -0.466 e. The van der Waals surface area contributed by atoms with E-state index in [0.29, 0.717) is 19.6 Å². The maximum Gasteiger partial charge on any atom is 0.307 e. The van der Waals surface area contributed by atoms with Crippen LogP contribution in [0.5, 0.6) is 0 Å². The van der Waals surface area contributed by atoms with Crippen molar-refractivity contribution in [2.75, 3.05) is 6.61 Å². The Bertz CT molecular complexity index is 729. The van der Waals surface area contributed by atoms with Crippen LogP contribution in [0.4, 0.5) is 0 Å². The van der Waals surface area contributed by atoms with Gasteiger partial charge < -0.3 is 4.74 Å². The molecule has 5 nitrogen and oxygen atoms in total. The number of fused-ring (bicyclic) bond motifs is 1. The lowest BCUT2D eigenvalue weighted by Gasteiger charge is -2.06. The van der Waals surface area contributed by atoms with Crippen molar-refractivity contribution in [3.05, 3.63) is 24.3 Å². The molecule has 0 N–H and O–H groups in total. The van der Waals surface area contributed by atoms with Crippen molar-refractivity contribution >= 4 is 17.0 Å². The molecule has 0 amide bonds. The van der Waals surface area contributed by atoms with Crippen molar-refractivity contribution < 1.29 is 9.53 Å². The molecular formula is C27H45N3O2. The topological polar surface area (TPSA) is 57.0 Å². The van der Waals surface area contributed by atoms with E-state index >= 15 is 0 Å². The number of nitrogens with zero attached hydrogens (tertiary/aromatic N) is 3. The molecular weight excluding hydrogens is 398 g/mol. The highest BCUT2D eigenvalue weighted by molar-refractivity contribution is 5.74.